The zero-order chi connectivity index (χ0) is 13.8. The number of hydrogen-bond acceptors (Lipinski definition) is 5. The number of nitrogen functional groups attached to an aromatic ring is 1. The van der Waals surface area contributed by atoms with Crippen molar-refractivity contribution in [3.63, 3.8) is 0 Å². The van der Waals surface area contributed by atoms with Crippen LogP contribution in [0.3, 0.4) is 0 Å². The molecule has 5 nitrogen and oxygen atoms in total. The summed E-state index contributed by atoms with van der Waals surface area (Å²) in [7, 11) is 2.92. The Kier molecular flexibility index (Phi) is 4.42. The summed E-state index contributed by atoms with van der Waals surface area (Å²) in [6.45, 7) is 3.69. The first-order valence-corrected chi connectivity index (χ1v) is 5.55. The molecule has 1 aromatic rings. The van der Waals surface area contributed by atoms with Crippen molar-refractivity contribution in [3.8, 4) is 11.5 Å². The lowest BCUT2D eigenvalue weighted by molar-refractivity contribution is -0.152. The second kappa shape index (κ2) is 5.62. The molecule has 0 aliphatic rings. The maximum Gasteiger partial charge on any atom is 0.314 e. The Hall–Kier alpha value is -1.91. The molecule has 2 N–H and O–H groups in total. The van der Waals surface area contributed by atoms with Crippen molar-refractivity contribution in [2.45, 2.75) is 13.8 Å². The molecule has 100 valence electrons. The van der Waals surface area contributed by atoms with E-state index < -0.39 is 5.41 Å². The van der Waals surface area contributed by atoms with Gasteiger partial charge in [-0.2, -0.15) is 0 Å². The van der Waals surface area contributed by atoms with Crippen molar-refractivity contribution >= 4 is 11.7 Å². The normalized spacial score (nSPS) is 10.9. The molecule has 0 saturated heterocycles. The molecule has 1 rings (SSSR count). The minimum atomic E-state index is -0.721. The van der Waals surface area contributed by atoms with E-state index in [9.17, 15) is 4.79 Å². The molecular formula is C13H19NO4. The number of esters is 1. The van der Waals surface area contributed by atoms with E-state index in [4.69, 9.17) is 19.9 Å². The number of ether oxygens (including phenoxy) is 3. The van der Waals surface area contributed by atoms with Crippen LogP contribution in [0.4, 0.5) is 5.69 Å². The third kappa shape index (κ3) is 3.29. The zero-order valence-electron chi connectivity index (χ0n) is 11.1. The van der Waals surface area contributed by atoms with E-state index in [1.807, 2.05) is 0 Å². The highest BCUT2D eigenvalue weighted by atomic mass is 16.5. The Morgan fingerprint density at radius 1 is 1.33 bits per heavy atom. The third-order valence-electron chi connectivity index (χ3n) is 2.54. The summed E-state index contributed by atoms with van der Waals surface area (Å²) in [4.78, 5) is 11.5. The summed E-state index contributed by atoms with van der Waals surface area (Å²) >= 11 is 0. The van der Waals surface area contributed by atoms with Gasteiger partial charge in [0.25, 0.3) is 0 Å². The highest BCUT2D eigenvalue weighted by Gasteiger charge is 2.29. The van der Waals surface area contributed by atoms with Crippen LogP contribution < -0.4 is 15.2 Å². The fourth-order valence-corrected chi connectivity index (χ4v) is 1.38. The quantitative estimate of drug-likeness (QED) is 0.640. The second-order valence-corrected chi connectivity index (χ2v) is 4.57. The highest BCUT2D eigenvalue weighted by Crippen LogP contribution is 2.28. The molecule has 0 aliphatic heterocycles. The van der Waals surface area contributed by atoms with E-state index in [0.29, 0.717) is 17.2 Å². The first-order valence-electron chi connectivity index (χ1n) is 5.55. The molecule has 0 unspecified atom stereocenters. The number of rotatable bonds is 5. The molecule has 1 aromatic carbocycles. The van der Waals surface area contributed by atoms with Crippen LogP contribution in [0.1, 0.15) is 13.8 Å². The van der Waals surface area contributed by atoms with Gasteiger partial charge in [0.15, 0.2) is 0 Å². The van der Waals surface area contributed by atoms with Crippen molar-refractivity contribution in [3.05, 3.63) is 18.2 Å². The van der Waals surface area contributed by atoms with Gasteiger partial charge in [0.2, 0.25) is 0 Å². The van der Waals surface area contributed by atoms with E-state index in [-0.39, 0.29) is 12.6 Å². The lowest BCUT2D eigenvalue weighted by Crippen LogP contribution is -2.32. The van der Waals surface area contributed by atoms with Gasteiger partial charge < -0.3 is 19.9 Å². The van der Waals surface area contributed by atoms with Crippen molar-refractivity contribution in [1.82, 2.24) is 0 Å². The summed E-state index contributed by atoms with van der Waals surface area (Å²) in [5.74, 6) is 0.856. The maximum atomic E-state index is 11.5. The van der Waals surface area contributed by atoms with Gasteiger partial charge in [0.05, 0.1) is 25.3 Å². The first kappa shape index (κ1) is 14.2. The molecule has 0 aromatic heterocycles. The minimum absolute atomic E-state index is 0.191. The van der Waals surface area contributed by atoms with E-state index >= 15 is 0 Å². The van der Waals surface area contributed by atoms with Crippen LogP contribution in [0.5, 0.6) is 11.5 Å². The Bertz CT molecular complexity index is 429. The number of anilines is 1. The van der Waals surface area contributed by atoms with Crippen LogP contribution in [0.25, 0.3) is 0 Å². The number of benzene rings is 1. The van der Waals surface area contributed by atoms with E-state index in [2.05, 4.69) is 0 Å². The summed E-state index contributed by atoms with van der Waals surface area (Å²) in [5.41, 5.74) is 5.56. The summed E-state index contributed by atoms with van der Waals surface area (Å²) in [6, 6.07) is 5.12. The van der Waals surface area contributed by atoms with E-state index in [1.54, 1.807) is 39.2 Å². The molecule has 0 spiro atoms. The van der Waals surface area contributed by atoms with Gasteiger partial charge in [-0.1, -0.05) is 0 Å². The first-order chi connectivity index (χ1) is 8.40. The molecule has 18 heavy (non-hydrogen) atoms. The van der Waals surface area contributed by atoms with Crippen molar-refractivity contribution in [2.75, 3.05) is 26.6 Å². The molecule has 5 heteroatoms. The van der Waals surface area contributed by atoms with Gasteiger partial charge >= 0.3 is 5.97 Å². The molecule has 0 fully saturated rings. The number of carbonyl (C=O) groups excluding carboxylic acids is 1. The predicted molar refractivity (Wildman–Crippen MR) is 68.7 cm³/mol. The minimum Gasteiger partial charge on any atom is -0.497 e. The summed E-state index contributed by atoms with van der Waals surface area (Å²) < 4.78 is 15.3. The molecule has 0 heterocycles. The Morgan fingerprint density at radius 3 is 2.50 bits per heavy atom. The van der Waals surface area contributed by atoms with Gasteiger partial charge in [-0.15, -0.1) is 0 Å². The lowest BCUT2D eigenvalue weighted by Gasteiger charge is -2.22. The van der Waals surface area contributed by atoms with Crippen molar-refractivity contribution in [1.29, 1.82) is 0 Å². The van der Waals surface area contributed by atoms with Crippen LogP contribution in [0.2, 0.25) is 0 Å². The average Bonchev–Trinajstić information content (AvgIpc) is 2.36. The molecule has 0 atom stereocenters. The van der Waals surface area contributed by atoms with Crippen LogP contribution in [0.15, 0.2) is 18.2 Å². The molecule has 0 amide bonds. The van der Waals surface area contributed by atoms with Gasteiger partial charge in [-0.25, -0.2) is 0 Å². The third-order valence-corrected chi connectivity index (χ3v) is 2.54. The number of hydrogen-bond donors (Lipinski definition) is 1. The Balaban J connectivity index is 2.72. The SMILES string of the molecule is COC(=O)C(C)(C)COc1ccc(OC)cc1N. The topological polar surface area (TPSA) is 70.8 Å². The van der Waals surface area contributed by atoms with E-state index in [1.165, 1.54) is 7.11 Å². The Labute approximate surface area is 107 Å². The van der Waals surface area contributed by atoms with Crippen molar-refractivity contribution < 1.29 is 19.0 Å². The smallest absolute Gasteiger partial charge is 0.314 e. The molecular weight excluding hydrogens is 234 g/mol. The lowest BCUT2D eigenvalue weighted by atomic mass is 9.95. The van der Waals surface area contributed by atoms with Crippen LogP contribution in [-0.4, -0.2) is 26.8 Å². The maximum absolute atomic E-state index is 11.5. The number of nitrogens with two attached hydrogens (primary N) is 1. The van der Waals surface area contributed by atoms with Gasteiger partial charge in [-0.3, -0.25) is 4.79 Å². The fourth-order valence-electron chi connectivity index (χ4n) is 1.38. The molecule has 0 bridgehead atoms. The van der Waals surface area contributed by atoms with Crippen molar-refractivity contribution in [2.24, 2.45) is 5.41 Å². The highest BCUT2D eigenvalue weighted by molar-refractivity contribution is 5.76. The summed E-state index contributed by atoms with van der Waals surface area (Å²) in [6.07, 6.45) is 0. The standard InChI is InChI=1S/C13H19NO4/c1-13(2,12(15)17-4)8-18-11-6-5-9(16-3)7-10(11)14/h5-7H,8,14H2,1-4H3. The monoisotopic (exact) mass is 253 g/mol. The predicted octanol–water partition coefficient (Wildman–Crippen LogP) is 1.86. The largest absolute Gasteiger partial charge is 0.497 e. The van der Waals surface area contributed by atoms with Gasteiger partial charge in [0.1, 0.15) is 18.1 Å². The van der Waals surface area contributed by atoms with Crippen LogP contribution in [0, 0.1) is 5.41 Å². The number of methoxy groups -OCH3 is 2. The van der Waals surface area contributed by atoms with E-state index in [0.717, 1.165) is 0 Å². The van der Waals surface area contributed by atoms with Gasteiger partial charge in [-0.05, 0) is 26.0 Å². The summed E-state index contributed by atoms with van der Waals surface area (Å²) in [5, 5.41) is 0. The molecule has 0 aliphatic carbocycles. The number of carbonyl (C=O) groups is 1. The average molecular weight is 253 g/mol. The zero-order valence-corrected chi connectivity index (χ0v) is 11.1. The second-order valence-electron chi connectivity index (χ2n) is 4.57. The van der Waals surface area contributed by atoms with Gasteiger partial charge in [0, 0.05) is 6.07 Å². The van der Waals surface area contributed by atoms with Crippen LogP contribution >= 0.6 is 0 Å². The molecule has 0 radical (unpaired) electrons. The fraction of sp³-hybridized carbons (Fsp3) is 0.462. The Morgan fingerprint density at radius 2 is 2.00 bits per heavy atom. The van der Waals surface area contributed by atoms with Crippen LogP contribution in [-0.2, 0) is 9.53 Å². The molecule has 0 saturated carbocycles.